The first-order valence-electron chi connectivity index (χ1n) is 9.22. The predicted molar refractivity (Wildman–Crippen MR) is 107 cm³/mol. The van der Waals surface area contributed by atoms with Crippen molar-refractivity contribution in [2.45, 2.75) is 77.4 Å². The van der Waals surface area contributed by atoms with Crippen LogP contribution in [0.3, 0.4) is 0 Å². The van der Waals surface area contributed by atoms with E-state index in [2.05, 4.69) is 60.6 Å². The molecule has 1 aromatic rings. The van der Waals surface area contributed by atoms with Crippen molar-refractivity contribution in [3.05, 3.63) is 28.8 Å². The van der Waals surface area contributed by atoms with Crippen molar-refractivity contribution >= 4 is 17.7 Å². The highest BCUT2D eigenvalue weighted by atomic mass is 32.2. The summed E-state index contributed by atoms with van der Waals surface area (Å²) in [5.41, 5.74) is 2.81. The summed E-state index contributed by atoms with van der Waals surface area (Å²) in [6.45, 7) is 15.7. The van der Waals surface area contributed by atoms with Crippen molar-refractivity contribution in [2.75, 3.05) is 12.4 Å². The Bertz CT molecular complexity index is 605. The summed E-state index contributed by atoms with van der Waals surface area (Å²) in [5.74, 6) is 1.46. The Morgan fingerprint density at radius 1 is 1.12 bits per heavy atom. The SMILES string of the molecule is CCCN1CSC(Cc2cc(C(C)(C)C)c(O)c(C(C)(C)C)c2)C1=O. The molecule has 1 fully saturated rings. The molecule has 1 N–H and O–H groups in total. The highest BCUT2D eigenvalue weighted by Gasteiger charge is 2.33. The number of hydrogen-bond donors (Lipinski definition) is 1. The third-order valence-corrected chi connectivity index (χ3v) is 5.95. The molecule has 1 aliphatic rings. The minimum Gasteiger partial charge on any atom is -0.507 e. The van der Waals surface area contributed by atoms with E-state index in [-0.39, 0.29) is 22.0 Å². The molecule has 0 aromatic heterocycles. The van der Waals surface area contributed by atoms with E-state index in [0.29, 0.717) is 5.75 Å². The fourth-order valence-corrected chi connectivity index (χ4v) is 4.50. The highest BCUT2D eigenvalue weighted by Crippen LogP contribution is 2.40. The lowest BCUT2D eigenvalue weighted by Gasteiger charge is -2.28. The Hall–Kier alpha value is -1.16. The normalized spacial score (nSPS) is 18.9. The van der Waals surface area contributed by atoms with E-state index in [9.17, 15) is 9.90 Å². The number of thioether (sulfide) groups is 1. The van der Waals surface area contributed by atoms with E-state index in [1.807, 2.05) is 4.90 Å². The van der Waals surface area contributed by atoms with Gasteiger partial charge in [0, 0.05) is 6.54 Å². The first kappa shape index (κ1) is 20.2. The average molecular weight is 364 g/mol. The molecule has 0 saturated carbocycles. The molecule has 0 bridgehead atoms. The Kier molecular flexibility index (Phi) is 5.82. The molecule has 1 aliphatic heterocycles. The number of rotatable bonds is 4. The summed E-state index contributed by atoms with van der Waals surface area (Å²) >= 11 is 1.74. The molecule has 1 heterocycles. The lowest BCUT2D eigenvalue weighted by Crippen LogP contribution is -2.31. The summed E-state index contributed by atoms with van der Waals surface area (Å²) in [5, 5.41) is 10.8. The second kappa shape index (κ2) is 7.22. The molecule has 1 unspecified atom stereocenters. The van der Waals surface area contributed by atoms with Gasteiger partial charge in [-0.05, 0) is 40.4 Å². The summed E-state index contributed by atoms with van der Waals surface area (Å²) in [6.07, 6.45) is 1.73. The van der Waals surface area contributed by atoms with E-state index in [1.165, 1.54) is 0 Å². The largest absolute Gasteiger partial charge is 0.507 e. The van der Waals surface area contributed by atoms with Crippen LogP contribution in [0.25, 0.3) is 0 Å². The van der Waals surface area contributed by atoms with Gasteiger partial charge in [0.05, 0.1) is 11.1 Å². The van der Waals surface area contributed by atoms with E-state index < -0.39 is 0 Å². The number of benzene rings is 1. The van der Waals surface area contributed by atoms with Gasteiger partial charge in [0.2, 0.25) is 5.91 Å². The maximum atomic E-state index is 12.6. The van der Waals surface area contributed by atoms with Crippen molar-refractivity contribution in [1.29, 1.82) is 0 Å². The van der Waals surface area contributed by atoms with Crippen molar-refractivity contribution in [1.82, 2.24) is 4.90 Å². The molecule has 0 radical (unpaired) electrons. The predicted octanol–water partition coefficient (Wildman–Crippen LogP) is 4.84. The lowest BCUT2D eigenvalue weighted by molar-refractivity contribution is -0.128. The van der Waals surface area contributed by atoms with Crippen LogP contribution in [0.1, 0.15) is 71.6 Å². The molecule has 1 amide bonds. The zero-order valence-electron chi connectivity index (χ0n) is 16.8. The summed E-state index contributed by atoms with van der Waals surface area (Å²) in [7, 11) is 0. The van der Waals surface area contributed by atoms with E-state index in [1.54, 1.807) is 11.8 Å². The van der Waals surface area contributed by atoms with Crippen molar-refractivity contribution < 1.29 is 9.90 Å². The van der Waals surface area contributed by atoms with Gasteiger partial charge in [-0.3, -0.25) is 4.79 Å². The average Bonchev–Trinajstić information content (AvgIpc) is 2.80. The molecule has 25 heavy (non-hydrogen) atoms. The third kappa shape index (κ3) is 4.52. The fraction of sp³-hybridized carbons (Fsp3) is 0.667. The van der Waals surface area contributed by atoms with Gasteiger partial charge < -0.3 is 10.0 Å². The first-order chi connectivity index (χ1) is 11.4. The molecule has 3 nitrogen and oxygen atoms in total. The Morgan fingerprint density at radius 2 is 1.64 bits per heavy atom. The Morgan fingerprint density at radius 3 is 2.08 bits per heavy atom. The number of carbonyl (C=O) groups is 1. The first-order valence-corrected chi connectivity index (χ1v) is 10.3. The molecule has 140 valence electrons. The van der Waals surface area contributed by atoms with Crippen molar-refractivity contribution in [2.24, 2.45) is 0 Å². The standard InChI is InChI=1S/C21H33NO2S/c1-8-9-22-13-25-17(19(22)24)12-14-10-15(20(2,3)4)18(23)16(11-14)21(5,6)7/h10-11,17,23H,8-9,12-13H2,1-7H3. The quantitative estimate of drug-likeness (QED) is 0.832. The molecule has 1 saturated heterocycles. The van der Waals surface area contributed by atoms with Crippen LogP contribution in [0.4, 0.5) is 0 Å². The van der Waals surface area contributed by atoms with Crippen LogP contribution < -0.4 is 0 Å². The second-order valence-electron chi connectivity index (χ2n) is 9.13. The molecule has 0 spiro atoms. The molecular weight excluding hydrogens is 330 g/mol. The number of amides is 1. The van der Waals surface area contributed by atoms with Gasteiger partial charge in [0.15, 0.2) is 0 Å². The zero-order valence-corrected chi connectivity index (χ0v) is 17.6. The Balaban J connectivity index is 2.37. The van der Waals surface area contributed by atoms with Crippen LogP contribution in [0.2, 0.25) is 0 Å². The topological polar surface area (TPSA) is 40.5 Å². The van der Waals surface area contributed by atoms with Gasteiger partial charge in [-0.2, -0.15) is 0 Å². The summed E-state index contributed by atoms with van der Waals surface area (Å²) < 4.78 is 0. The molecule has 0 aliphatic carbocycles. The van der Waals surface area contributed by atoms with Crippen LogP contribution in [-0.2, 0) is 22.0 Å². The van der Waals surface area contributed by atoms with Crippen molar-refractivity contribution in [3.8, 4) is 5.75 Å². The van der Waals surface area contributed by atoms with Gasteiger partial charge in [-0.15, -0.1) is 11.8 Å². The van der Waals surface area contributed by atoms with Gasteiger partial charge in [0.25, 0.3) is 0 Å². The number of aromatic hydroxyl groups is 1. The molecule has 4 heteroatoms. The van der Waals surface area contributed by atoms with Crippen LogP contribution in [0.5, 0.6) is 5.75 Å². The summed E-state index contributed by atoms with van der Waals surface area (Å²) in [4.78, 5) is 14.5. The number of phenolic OH excluding ortho intramolecular Hbond substituents is 1. The minimum atomic E-state index is -0.138. The van der Waals surface area contributed by atoms with E-state index >= 15 is 0 Å². The van der Waals surface area contributed by atoms with Gasteiger partial charge >= 0.3 is 0 Å². The van der Waals surface area contributed by atoms with Crippen LogP contribution in [0, 0.1) is 0 Å². The fourth-order valence-electron chi connectivity index (χ4n) is 3.28. The van der Waals surface area contributed by atoms with Crippen molar-refractivity contribution in [3.63, 3.8) is 0 Å². The number of phenols is 1. The maximum absolute atomic E-state index is 12.6. The molecule has 1 atom stereocenters. The van der Waals surface area contributed by atoms with Crippen LogP contribution in [-0.4, -0.2) is 33.6 Å². The zero-order chi connectivity index (χ0) is 19.0. The number of carbonyl (C=O) groups excluding carboxylic acids is 1. The third-order valence-electron chi connectivity index (χ3n) is 4.72. The molecule has 1 aromatic carbocycles. The van der Waals surface area contributed by atoms with Gasteiger partial charge in [0.1, 0.15) is 5.75 Å². The maximum Gasteiger partial charge on any atom is 0.236 e. The van der Waals surface area contributed by atoms with Crippen LogP contribution >= 0.6 is 11.8 Å². The van der Waals surface area contributed by atoms with Crippen LogP contribution in [0.15, 0.2) is 12.1 Å². The summed E-state index contributed by atoms with van der Waals surface area (Å²) in [6, 6.07) is 4.20. The second-order valence-corrected chi connectivity index (χ2v) is 10.3. The van der Waals surface area contributed by atoms with E-state index in [4.69, 9.17) is 0 Å². The minimum absolute atomic E-state index is 0.00303. The molecule has 2 rings (SSSR count). The van der Waals surface area contributed by atoms with Gasteiger partial charge in [-0.1, -0.05) is 60.6 Å². The van der Waals surface area contributed by atoms with Gasteiger partial charge in [-0.25, -0.2) is 0 Å². The Labute approximate surface area is 157 Å². The smallest absolute Gasteiger partial charge is 0.236 e. The van der Waals surface area contributed by atoms with E-state index in [0.717, 1.165) is 42.0 Å². The lowest BCUT2D eigenvalue weighted by atomic mass is 9.78. The highest BCUT2D eigenvalue weighted by molar-refractivity contribution is 8.01. The molecular formula is C21H33NO2S. The number of nitrogens with zero attached hydrogens (tertiary/aromatic N) is 1. The number of hydrogen-bond acceptors (Lipinski definition) is 3. The monoisotopic (exact) mass is 363 g/mol.